The van der Waals surface area contributed by atoms with Gasteiger partial charge in [0.25, 0.3) is 0 Å². The molecule has 0 aliphatic heterocycles. The van der Waals surface area contributed by atoms with Crippen LogP contribution in [-0.2, 0) is 19.2 Å². The zero-order valence-electron chi connectivity index (χ0n) is 19.4. The molecule has 3 amide bonds. The average molecular weight is 427 g/mol. The van der Waals surface area contributed by atoms with Gasteiger partial charge in [-0.1, -0.05) is 26.7 Å². The van der Waals surface area contributed by atoms with Gasteiger partial charge in [-0.2, -0.15) is 0 Å². The van der Waals surface area contributed by atoms with Crippen LogP contribution in [0.3, 0.4) is 0 Å². The van der Waals surface area contributed by atoms with Gasteiger partial charge in [0.1, 0.15) is 12.1 Å². The number of carboxylic acids is 1. The zero-order chi connectivity index (χ0) is 23.2. The second-order valence-electron chi connectivity index (χ2n) is 8.42. The van der Waals surface area contributed by atoms with Crippen molar-refractivity contribution < 1.29 is 24.3 Å². The number of hydrogen-bond donors (Lipinski definition) is 2. The van der Waals surface area contributed by atoms with Crippen molar-refractivity contribution in [2.75, 3.05) is 35.2 Å². The van der Waals surface area contributed by atoms with Gasteiger partial charge >= 0.3 is 5.97 Å². The largest absolute Gasteiger partial charge is 0.481 e. The van der Waals surface area contributed by atoms with Crippen molar-refractivity contribution in [3.8, 4) is 0 Å². The molecule has 0 bridgehead atoms. The highest BCUT2D eigenvalue weighted by Gasteiger charge is 2.48. The summed E-state index contributed by atoms with van der Waals surface area (Å²) in [5, 5.41) is 12.4. The Kier molecular flexibility index (Phi) is 9.27. The Bertz CT molecular complexity index is 638. The normalized spacial score (nSPS) is 16.9. The number of amides is 3. The third kappa shape index (κ3) is 5.30. The van der Waals surface area contributed by atoms with E-state index in [0.717, 1.165) is 6.42 Å². The van der Waals surface area contributed by atoms with E-state index in [1.165, 1.54) is 35.8 Å². The highest BCUT2D eigenvalue weighted by molar-refractivity contribution is 5.95. The number of carboxylic acid groups (broad SMARTS) is 1. The molecule has 30 heavy (non-hydrogen) atoms. The van der Waals surface area contributed by atoms with Gasteiger partial charge in [-0.25, -0.2) is 0 Å². The number of nitrogens with one attached hydrogen (secondary N) is 1. The Balaban J connectivity index is 3.28. The Morgan fingerprint density at radius 2 is 1.50 bits per heavy atom. The predicted octanol–water partition coefficient (Wildman–Crippen LogP) is 0.782. The summed E-state index contributed by atoms with van der Waals surface area (Å²) >= 11 is 0. The van der Waals surface area contributed by atoms with Crippen LogP contribution in [0.2, 0.25) is 0 Å². The number of nitrogens with zero attached hydrogens (tertiary/aromatic N) is 3. The molecule has 0 aromatic carbocycles. The van der Waals surface area contributed by atoms with Crippen LogP contribution in [-0.4, -0.2) is 96.4 Å². The van der Waals surface area contributed by atoms with Gasteiger partial charge in [0.15, 0.2) is 0 Å². The standard InChI is InChI=1S/C21H38N4O5/c1-8-14(9-2)17(25(7)20(30)21(22-3)11-10-12-21)19(29)24(6)15(13-16(26)27)18(28)23(4)5/h14-15,17,22H,8-13H2,1-7H3,(H,26,27)/t15-,17-/m0/s1. The first kappa shape index (κ1) is 25.9. The molecule has 172 valence electrons. The molecule has 1 saturated carbocycles. The molecule has 1 rings (SSSR count). The quantitative estimate of drug-likeness (QED) is 0.505. The summed E-state index contributed by atoms with van der Waals surface area (Å²) in [6, 6.07) is -1.90. The number of rotatable bonds is 11. The molecule has 9 nitrogen and oxygen atoms in total. The topological polar surface area (TPSA) is 110 Å². The van der Waals surface area contributed by atoms with E-state index in [2.05, 4.69) is 5.32 Å². The number of hydrogen-bond acceptors (Lipinski definition) is 5. The van der Waals surface area contributed by atoms with Crippen LogP contribution in [0.5, 0.6) is 0 Å². The van der Waals surface area contributed by atoms with Crippen LogP contribution in [0.15, 0.2) is 0 Å². The van der Waals surface area contributed by atoms with Crippen molar-refractivity contribution in [1.29, 1.82) is 0 Å². The monoisotopic (exact) mass is 426 g/mol. The van der Waals surface area contributed by atoms with E-state index < -0.39 is 41.8 Å². The van der Waals surface area contributed by atoms with Gasteiger partial charge in [-0.05, 0) is 32.2 Å². The van der Waals surface area contributed by atoms with Gasteiger partial charge in [-0.15, -0.1) is 0 Å². The smallest absolute Gasteiger partial charge is 0.305 e. The minimum atomic E-state index is -1.16. The first-order chi connectivity index (χ1) is 14.0. The van der Waals surface area contributed by atoms with Gasteiger partial charge in [0.2, 0.25) is 17.7 Å². The fraction of sp³-hybridized carbons (Fsp3) is 0.810. The van der Waals surface area contributed by atoms with E-state index in [-0.39, 0.29) is 11.8 Å². The van der Waals surface area contributed by atoms with E-state index in [9.17, 15) is 24.3 Å². The van der Waals surface area contributed by atoms with E-state index >= 15 is 0 Å². The van der Waals surface area contributed by atoms with Crippen molar-refractivity contribution in [1.82, 2.24) is 20.0 Å². The highest BCUT2D eigenvalue weighted by atomic mass is 16.4. The fourth-order valence-electron chi connectivity index (χ4n) is 4.20. The highest BCUT2D eigenvalue weighted by Crippen LogP contribution is 2.34. The second kappa shape index (κ2) is 10.7. The summed E-state index contributed by atoms with van der Waals surface area (Å²) in [7, 11) is 7.88. The summed E-state index contributed by atoms with van der Waals surface area (Å²) < 4.78 is 0. The van der Waals surface area contributed by atoms with E-state index in [4.69, 9.17) is 0 Å². The maximum absolute atomic E-state index is 13.6. The van der Waals surface area contributed by atoms with Gasteiger partial charge in [-0.3, -0.25) is 19.2 Å². The van der Waals surface area contributed by atoms with Crippen molar-refractivity contribution >= 4 is 23.7 Å². The molecule has 1 fully saturated rings. The van der Waals surface area contributed by atoms with Crippen LogP contribution in [0.25, 0.3) is 0 Å². The molecular formula is C21H38N4O5. The van der Waals surface area contributed by atoms with Crippen molar-refractivity contribution in [2.45, 2.75) is 70.0 Å². The minimum absolute atomic E-state index is 0.109. The summed E-state index contributed by atoms with van der Waals surface area (Å²) in [5.74, 6) is -2.28. The van der Waals surface area contributed by atoms with Crippen LogP contribution in [0.1, 0.15) is 52.4 Å². The van der Waals surface area contributed by atoms with E-state index in [1.807, 2.05) is 13.8 Å². The molecule has 9 heteroatoms. The third-order valence-corrected chi connectivity index (χ3v) is 6.49. The Morgan fingerprint density at radius 1 is 0.967 bits per heavy atom. The maximum Gasteiger partial charge on any atom is 0.305 e. The summed E-state index contributed by atoms with van der Waals surface area (Å²) in [5.41, 5.74) is -0.655. The molecule has 0 unspecified atom stereocenters. The molecule has 0 spiro atoms. The Labute approximate surface area is 179 Å². The molecule has 0 radical (unpaired) electrons. The molecule has 1 aliphatic rings. The molecule has 0 aromatic rings. The van der Waals surface area contributed by atoms with Crippen molar-refractivity contribution in [2.24, 2.45) is 5.92 Å². The molecule has 2 N–H and O–H groups in total. The maximum atomic E-state index is 13.6. The van der Waals surface area contributed by atoms with Gasteiger partial charge in [0.05, 0.1) is 12.0 Å². The fourth-order valence-corrected chi connectivity index (χ4v) is 4.20. The van der Waals surface area contributed by atoms with Crippen LogP contribution in [0, 0.1) is 5.92 Å². The molecule has 0 aromatic heterocycles. The van der Waals surface area contributed by atoms with Crippen LogP contribution < -0.4 is 5.32 Å². The third-order valence-electron chi connectivity index (χ3n) is 6.49. The molecule has 0 heterocycles. The van der Waals surface area contributed by atoms with Gasteiger partial charge < -0.3 is 25.1 Å². The van der Waals surface area contributed by atoms with Crippen molar-refractivity contribution in [3.05, 3.63) is 0 Å². The number of carbonyl (C=O) groups is 4. The number of aliphatic carboxylic acids is 1. The number of carbonyl (C=O) groups excluding carboxylic acids is 3. The molecular weight excluding hydrogens is 388 g/mol. The summed E-state index contributed by atoms with van der Waals surface area (Å²) in [6.07, 6.45) is 3.24. The molecule has 1 aliphatic carbocycles. The molecule has 0 saturated heterocycles. The molecule has 2 atom stereocenters. The first-order valence-electron chi connectivity index (χ1n) is 10.6. The predicted molar refractivity (Wildman–Crippen MR) is 114 cm³/mol. The summed E-state index contributed by atoms with van der Waals surface area (Å²) in [6.45, 7) is 3.92. The van der Waals surface area contributed by atoms with E-state index in [1.54, 1.807) is 14.1 Å². The van der Waals surface area contributed by atoms with Crippen LogP contribution >= 0.6 is 0 Å². The van der Waals surface area contributed by atoms with Crippen molar-refractivity contribution in [3.63, 3.8) is 0 Å². The lowest BCUT2D eigenvalue weighted by molar-refractivity contribution is -0.157. The lowest BCUT2D eigenvalue weighted by atomic mass is 9.75. The SMILES string of the molecule is CCC(CC)[C@@H](C(=O)N(C)[C@@H](CC(=O)O)C(=O)N(C)C)N(C)C(=O)C1(NC)CCC1. The summed E-state index contributed by atoms with van der Waals surface area (Å²) in [4.78, 5) is 54.8. The second-order valence-corrected chi connectivity index (χ2v) is 8.42. The lowest BCUT2D eigenvalue weighted by Gasteiger charge is -2.46. The first-order valence-corrected chi connectivity index (χ1v) is 10.6. The minimum Gasteiger partial charge on any atom is -0.481 e. The zero-order valence-corrected chi connectivity index (χ0v) is 19.4. The van der Waals surface area contributed by atoms with Crippen LogP contribution in [0.4, 0.5) is 0 Å². The Hall–Kier alpha value is -2.16. The van der Waals surface area contributed by atoms with E-state index in [0.29, 0.717) is 25.7 Å². The Morgan fingerprint density at radius 3 is 1.83 bits per heavy atom. The number of likely N-dealkylation sites (N-methyl/N-ethyl adjacent to an activating group) is 4. The average Bonchev–Trinajstić information content (AvgIpc) is 2.67. The lowest BCUT2D eigenvalue weighted by Crippen LogP contribution is -2.65. The van der Waals surface area contributed by atoms with Gasteiger partial charge in [0, 0.05) is 28.2 Å².